The highest BCUT2D eigenvalue weighted by Crippen LogP contribution is 2.43. The van der Waals surface area contributed by atoms with Gasteiger partial charge in [0.1, 0.15) is 6.10 Å². The number of phosphoric ester groups is 1. The summed E-state index contributed by atoms with van der Waals surface area (Å²) in [4.78, 5) is 22.6. The molecule has 59 heavy (non-hydrogen) atoms. The normalized spacial score (nSPS) is 14.0. The molecule has 0 saturated heterocycles. The molecular formula is C50H90NO7P. The van der Waals surface area contributed by atoms with Gasteiger partial charge in [-0.3, -0.25) is 13.8 Å². The predicted octanol–water partition coefficient (Wildman–Crippen LogP) is 14.7. The number of esters is 1. The molecule has 0 heterocycles. The Hall–Kier alpha value is -2.06. The largest absolute Gasteiger partial charge is 0.472 e. The quantitative estimate of drug-likeness (QED) is 0.0269. The van der Waals surface area contributed by atoms with Crippen LogP contribution in [-0.2, 0) is 27.9 Å². The van der Waals surface area contributed by atoms with Crippen molar-refractivity contribution in [2.45, 2.75) is 206 Å². The fourth-order valence-electron chi connectivity index (χ4n) is 6.36. The Labute approximate surface area is 363 Å². The average Bonchev–Trinajstić information content (AvgIpc) is 3.23. The van der Waals surface area contributed by atoms with E-state index in [4.69, 9.17) is 24.3 Å². The van der Waals surface area contributed by atoms with E-state index in [2.05, 4.69) is 86.8 Å². The maximum atomic E-state index is 12.6. The fourth-order valence-corrected chi connectivity index (χ4v) is 7.12. The molecule has 3 N–H and O–H groups in total. The van der Waals surface area contributed by atoms with Gasteiger partial charge < -0.3 is 20.1 Å². The Morgan fingerprint density at radius 2 is 0.949 bits per heavy atom. The molecule has 0 bridgehead atoms. The first-order valence-electron chi connectivity index (χ1n) is 23.9. The van der Waals surface area contributed by atoms with E-state index in [0.29, 0.717) is 13.0 Å². The summed E-state index contributed by atoms with van der Waals surface area (Å²) in [6.45, 7) is 4.75. The highest BCUT2D eigenvalue weighted by atomic mass is 31.2. The third-order valence-electron chi connectivity index (χ3n) is 9.86. The number of hydrogen-bond acceptors (Lipinski definition) is 7. The van der Waals surface area contributed by atoms with Crippen molar-refractivity contribution >= 4 is 13.8 Å². The van der Waals surface area contributed by atoms with Gasteiger partial charge in [0.05, 0.1) is 19.8 Å². The molecule has 0 aliphatic heterocycles. The van der Waals surface area contributed by atoms with Crippen molar-refractivity contribution in [1.29, 1.82) is 0 Å². The maximum Gasteiger partial charge on any atom is 0.472 e. The number of nitrogens with two attached hydrogens (primary N) is 1. The van der Waals surface area contributed by atoms with E-state index in [9.17, 15) is 14.3 Å². The summed E-state index contributed by atoms with van der Waals surface area (Å²) in [6.07, 6.45) is 59.3. The molecule has 342 valence electrons. The molecule has 2 atom stereocenters. The Balaban J connectivity index is 3.96. The number of hydrogen-bond donors (Lipinski definition) is 2. The molecule has 0 aliphatic carbocycles. The summed E-state index contributed by atoms with van der Waals surface area (Å²) in [6, 6.07) is 0. The number of ether oxygens (including phenoxy) is 2. The van der Waals surface area contributed by atoms with Gasteiger partial charge in [0.25, 0.3) is 0 Å². The molecule has 2 unspecified atom stereocenters. The number of carbonyl (C=O) groups excluding carboxylic acids is 1. The minimum absolute atomic E-state index is 0.0954. The summed E-state index contributed by atoms with van der Waals surface area (Å²) >= 11 is 0. The van der Waals surface area contributed by atoms with Crippen LogP contribution in [0.4, 0.5) is 0 Å². The van der Waals surface area contributed by atoms with E-state index in [0.717, 1.165) is 77.0 Å². The molecule has 0 saturated carbocycles. The molecule has 0 aromatic carbocycles. The molecule has 0 aromatic heterocycles. The first kappa shape index (κ1) is 56.9. The number of allylic oxidation sites excluding steroid dienone is 12. The molecule has 0 rings (SSSR count). The van der Waals surface area contributed by atoms with Gasteiger partial charge in [-0.1, -0.05) is 189 Å². The van der Waals surface area contributed by atoms with Gasteiger partial charge in [0.15, 0.2) is 0 Å². The minimum Gasteiger partial charge on any atom is -0.457 e. The third kappa shape index (κ3) is 46.9. The van der Waals surface area contributed by atoms with Crippen molar-refractivity contribution in [1.82, 2.24) is 0 Å². The summed E-state index contributed by atoms with van der Waals surface area (Å²) in [5.41, 5.74) is 5.38. The Bertz CT molecular complexity index is 1130. The fraction of sp³-hybridized carbons (Fsp3) is 0.740. The van der Waals surface area contributed by atoms with Gasteiger partial charge in [0.2, 0.25) is 0 Å². The van der Waals surface area contributed by atoms with Crippen LogP contribution in [0, 0.1) is 0 Å². The van der Waals surface area contributed by atoms with Gasteiger partial charge in [-0.15, -0.1) is 0 Å². The first-order valence-corrected chi connectivity index (χ1v) is 25.4. The van der Waals surface area contributed by atoms with E-state index < -0.39 is 13.9 Å². The van der Waals surface area contributed by atoms with E-state index in [1.807, 2.05) is 0 Å². The molecular weight excluding hydrogens is 758 g/mol. The molecule has 0 aromatic rings. The maximum absolute atomic E-state index is 12.6. The van der Waals surface area contributed by atoms with Crippen LogP contribution < -0.4 is 5.73 Å². The lowest BCUT2D eigenvalue weighted by atomic mass is 10.0. The van der Waals surface area contributed by atoms with Crippen LogP contribution in [-0.4, -0.2) is 49.9 Å². The van der Waals surface area contributed by atoms with Crippen molar-refractivity contribution in [2.75, 3.05) is 33.0 Å². The highest BCUT2D eigenvalue weighted by Gasteiger charge is 2.25. The summed E-state index contributed by atoms with van der Waals surface area (Å²) < 4.78 is 33.5. The predicted molar refractivity (Wildman–Crippen MR) is 252 cm³/mol. The van der Waals surface area contributed by atoms with Gasteiger partial charge >= 0.3 is 13.8 Å². The van der Waals surface area contributed by atoms with Gasteiger partial charge in [-0.2, -0.15) is 0 Å². The molecule has 8 nitrogen and oxygen atoms in total. The number of unbranched alkanes of at least 4 members (excludes halogenated alkanes) is 20. The lowest BCUT2D eigenvalue weighted by molar-refractivity contribution is -0.154. The zero-order chi connectivity index (χ0) is 43.0. The van der Waals surface area contributed by atoms with Crippen LogP contribution in [0.2, 0.25) is 0 Å². The SMILES string of the molecule is CC/C=C\C/C=C\C/C=C\C/C=C\CCCCCCCCCCCCCCC(=O)OC(COCCCCCCCC/C=C\C/C=C\CCCC)COP(=O)(O)OCCN. The molecule has 0 fully saturated rings. The second-order valence-corrected chi connectivity index (χ2v) is 17.0. The minimum atomic E-state index is -4.29. The lowest BCUT2D eigenvalue weighted by Crippen LogP contribution is -2.28. The number of carbonyl (C=O) groups is 1. The Morgan fingerprint density at radius 1 is 0.525 bits per heavy atom. The van der Waals surface area contributed by atoms with Gasteiger partial charge in [-0.05, 0) is 77.0 Å². The van der Waals surface area contributed by atoms with Crippen molar-refractivity contribution in [3.63, 3.8) is 0 Å². The number of rotatable bonds is 45. The third-order valence-corrected chi connectivity index (χ3v) is 10.8. The standard InChI is InChI=1S/C50H90NO7P/c1-3-5-7-9-11-13-15-17-19-20-21-22-23-24-25-26-27-28-29-31-33-35-37-39-41-43-50(52)58-49(48-57-59(53,54)56-46-44-51)47-55-45-42-40-38-36-34-32-30-18-16-14-12-10-8-6-4-2/h5,7,10-13,16-19,21-22,49H,3-4,6,8-9,14-15,20,23-48,51H2,1-2H3,(H,53,54)/b7-5-,12-10-,13-11-,18-16-,19-17-,22-21-. The van der Waals surface area contributed by atoms with Crippen molar-refractivity contribution < 1.29 is 32.8 Å². The second-order valence-electron chi connectivity index (χ2n) is 15.6. The molecule has 0 amide bonds. The Kier molecular flexibility index (Phi) is 45.4. The van der Waals surface area contributed by atoms with E-state index in [1.54, 1.807) is 0 Å². The van der Waals surface area contributed by atoms with Crippen LogP contribution in [0.3, 0.4) is 0 Å². The van der Waals surface area contributed by atoms with Crippen LogP contribution in [0.25, 0.3) is 0 Å². The highest BCUT2D eigenvalue weighted by molar-refractivity contribution is 7.47. The second kappa shape index (κ2) is 47.0. The monoisotopic (exact) mass is 848 g/mol. The van der Waals surface area contributed by atoms with E-state index >= 15 is 0 Å². The lowest BCUT2D eigenvalue weighted by Gasteiger charge is -2.20. The first-order chi connectivity index (χ1) is 28.9. The zero-order valence-corrected chi connectivity index (χ0v) is 38.9. The van der Waals surface area contributed by atoms with Crippen LogP contribution in [0.1, 0.15) is 200 Å². The molecule has 0 aliphatic rings. The zero-order valence-electron chi connectivity index (χ0n) is 38.0. The summed E-state index contributed by atoms with van der Waals surface area (Å²) in [5, 5.41) is 0. The topological polar surface area (TPSA) is 117 Å². The summed E-state index contributed by atoms with van der Waals surface area (Å²) in [7, 11) is -4.29. The van der Waals surface area contributed by atoms with Crippen LogP contribution in [0.15, 0.2) is 72.9 Å². The smallest absolute Gasteiger partial charge is 0.457 e. The van der Waals surface area contributed by atoms with Gasteiger partial charge in [-0.25, -0.2) is 4.57 Å². The van der Waals surface area contributed by atoms with E-state index in [-0.39, 0.29) is 32.3 Å². The van der Waals surface area contributed by atoms with Crippen LogP contribution >= 0.6 is 7.82 Å². The van der Waals surface area contributed by atoms with Gasteiger partial charge in [0, 0.05) is 19.6 Å². The molecule has 0 spiro atoms. The summed E-state index contributed by atoms with van der Waals surface area (Å²) in [5.74, 6) is -0.338. The van der Waals surface area contributed by atoms with Crippen molar-refractivity contribution in [3.05, 3.63) is 72.9 Å². The average molecular weight is 848 g/mol. The molecule has 0 radical (unpaired) electrons. The number of phosphoric acid groups is 1. The van der Waals surface area contributed by atoms with E-state index in [1.165, 1.54) is 103 Å². The molecule has 9 heteroatoms. The Morgan fingerprint density at radius 3 is 1.42 bits per heavy atom. The van der Waals surface area contributed by atoms with Crippen molar-refractivity contribution in [3.8, 4) is 0 Å². The van der Waals surface area contributed by atoms with Crippen molar-refractivity contribution in [2.24, 2.45) is 5.73 Å². The van der Waals surface area contributed by atoms with Crippen LogP contribution in [0.5, 0.6) is 0 Å².